The van der Waals surface area contributed by atoms with Crippen molar-refractivity contribution in [1.82, 2.24) is 4.57 Å². The number of aryl methyl sites for hydroxylation is 1. The minimum atomic E-state index is 0.0381. The van der Waals surface area contributed by atoms with E-state index in [0.29, 0.717) is 6.54 Å². The van der Waals surface area contributed by atoms with Gasteiger partial charge in [-0.2, -0.15) is 0 Å². The van der Waals surface area contributed by atoms with Crippen molar-refractivity contribution in [1.29, 1.82) is 0 Å². The largest absolute Gasteiger partial charge is 0.375 e. The maximum atomic E-state index is 5.49. The molecule has 1 rings (SSSR count). The molecule has 1 aromatic heterocycles. The van der Waals surface area contributed by atoms with Crippen LogP contribution in [0.25, 0.3) is 0 Å². The summed E-state index contributed by atoms with van der Waals surface area (Å²) in [6.07, 6.45) is 4.04. The first-order valence-electron chi connectivity index (χ1n) is 3.62. The van der Waals surface area contributed by atoms with E-state index in [1.54, 1.807) is 7.11 Å². The Morgan fingerprint density at radius 1 is 1.73 bits per heavy atom. The second-order valence-electron chi connectivity index (χ2n) is 2.57. The van der Waals surface area contributed by atoms with Crippen LogP contribution in [0.1, 0.15) is 11.7 Å². The predicted octanol–water partition coefficient (Wildman–Crippen LogP) is 0.671. The summed E-state index contributed by atoms with van der Waals surface area (Å²) in [5.41, 5.74) is 6.63. The fourth-order valence-electron chi connectivity index (χ4n) is 1.08. The van der Waals surface area contributed by atoms with E-state index >= 15 is 0 Å². The summed E-state index contributed by atoms with van der Waals surface area (Å²) in [6.45, 7) is 0.528. The average Bonchev–Trinajstić information content (AvgIpc) is 2.39. The van der Waals surface area contributed by atoms with Crippen LogP contribution >= 0.6 is 0 Å². The Balaban J connectivity index is 2.73. The summed E-state index contributed by atoms with van der Waals surface area (Å²) in [5.74, 6) is 0. The molecule has 1 atom stereocenters. The van der Waals surface area contributed by atoms with Crippen LogP contribution in [-0.2, 0) is 11.8 Å². The van der Waals surface area contributed by atoms with Crippen LogP contribution < -0.4 is 5.73 Å². The van der Waals surface area contributed by atoms with Gasteiger partial charge in [0.15, 0.2) is 0 Å². The van der Waals surface area contributed by atoms with Gasteiger partial charge in [-0.15, -0.1) is 0 Å². The van der Waals surface area contributed by atoms with Crippen molar-refractivity contribution in [3.05, 3.63) is 24.0 Å². The Bertz CT molecular complexity index is 216. The molecular formula is C8H14N2O. The molecule has 0 amide bonds. The van der Waals surface area contributed by atoms with E-state index in [0.717, 1.165) is 5.56 Å². The summed E-state index contributed by atoms with van der Waals surface area (Å²) >= 11 is 0. The Labute approximate surface area is 66.8 Å². The van der Waals surface area contributed by atoms with Crippen molar-refractivity contribution < 1.29 is 4.74 Å². The molecule has 1 unspecified atom stereocenters. The molecule has 0 aliphatic carbocycles. The number of methoxy groups -OCH3 is 1. The standard InChI is InChI=1S/C8H14N2O/c1-10-4-3-7(6-10)8(5-9)11-2/h3-4,6,8H,5,9H2,1-2H3. The molecule has 0 radical (unpaired) electrons. The first kappa shape index (κ1) is 8.30. The highest BCUT2D eigenvalue weighted by Crippen LogP contribution is 2.14. The van der Waals surface area contributed by atoms with Gasteiger partial charge in [0.05, 0.1) is 6.10 Å². The maximum absolute atomic E-state index is 5.49. The summed E-state index contributed by atoms with van der Waals surface area (Å²) in [7, 11) is 3.65. The van der Waals surface area contributed by atoms with Crippen molar-refractivity contribution in [3.8, 4) is 0 Å². The number of nitrogens with two attached hydrogens (primary N) is 1. The van der Waals surface area contributed by atoms with E-state index in [-0.39, 0.29) is 6.10 Å². The Kier molecular flexibility index (Phi) is 2.68. The van der Waals surface area contributed by atoms with Crippen LogP contribution in [0.15, 0.2) is 18.5 Å². The summed E-state index contributed by atoms with van der Waals surface area (Å²) in [6, 6.07) is 2.01. The molecule has 0 bridgehead atoms. The second-order valence-corrected chi connectivity index (χ2v) is 2.57. The molecular weight excluding hydrogens is 140 g/mol. The van der Waals surface area contributed by atoms with Gasteiger partial charge in [0.25, 0.3) is 0 Å². The highest BCUT2D eigenvalue weighted by atomic mass is 16.5. The Morgan fingerprint density at radius 3 is 2.82 bits per heavy atom. The van der Waals surface area contributed by atoms with Gasteiger partial charge in [-0.25, -0.2) is 0 Å². The molecule has 3 nitrogen and oxygen atoms in total. The van der Waals surface area contributed by atoms with Crippen molar-refractivity contribution in [3.63, 3.8) is 0 Å². The van der Waals surface area contributed by atoms with Crippen LogP contribution in [0.5, 0.6) is 0 Å². The van der Waals surface area contributed by atoms with Crippen molar-refractivity contribution in [2.75, 3.05) is 13.7 Å². The third-order valence-electron chi connectivity index (χ3n) is 1.73. The molecule has 11 heavy (non-hydrogen) atoms. The number of hydrogen-bond acceptors (Lipinski definition) is 2. The van der Waals surface area contributed by atoms with Crippen LogP contribution in [-0.4, -0.2) is 18.2 Å². The molecule has 0 fully saturated rings. The lowest BCUT2D eigenvalue weighted by Gasteiger charge is -2.09. The van der Waals surface area contributed by atoms with Gasteiger partial charge >= 0.3 is 0 Å². The third kappa shape index (κ3) is 1.82. The lowest BCUT2D eigenvalue weighted by atomic mass is 10.2. The van der Waals surface area contributed by atoms with Crippen LogP contribution in [0, 0.1) is 0 Å². The molecule has 62 valence electrons. The van der Waals surface area contributed by atoms with Gasteiger partial charge in [0, 0.05) is 33.1 Å². The van der Waals surface area contributed by atoms with Crippen LogP contribution in [0.3, 0.4) is 0 Å². The Hall–Kier alpha value is -0.800. The van der Waals surface area contributed by atoms with Crippen LogP contribution in [0.2, 0.25) is 0 Å². The van der Waals surface area contributed by atoms with Gasteiger partial charge in [-0.1, -0.05) is 0 Å². The number of rotatable bonds is 3. The zero-order valence-corrected chi connectivity index (χ0v) is 6.95. The zero-order valence-electron chi connectivity index (χ0n) is 6.95. The number of ether oxygens (including phenoxy) is 1. The Morgan fingerprint density at radius 2 is 2.45 bits per heavy atom. The second kappa shape index (κ2) is 3.55. The molecule has 0 saturated heterocycles. The van der Waals surface area contributed by atoms with Crippen molar-refractivity contribution in [2.45, 2.75) is 6.10 Å². The zero-order chi connectivity index (χ0) is 8.27. The highest BCUT2D eigenvalue weighted by molar-refractivity contribution is 5.13. The van der Waals surface area contributed by atoms with Gasteiger partial charge in [-0.05, 0) is 11.6 Å². The predicted molar refractivity (Wildman–Crippen MR) is 44.2 cm³/mol. The topological polar surface area (TPSA) is 40.2 Å². The summed E-state index contributed by atoms with van der Waals surface area (Å²) in [5, 5.41) is 0. The maximum Gasteiger partial charge on any atom is 0.0957 e. The van der Waals surface area contributed by atoms with Gasteiger partial charge in [0.1, 0.15) is 0 Å². The normalized spacial score (nSPS) is 13.4. The van der Waals surface area contributed by atoms with E-state index in [4.69, 9.17) is 10.5 Å². The quantitative estimate of drug-likeness (QED) is 0.695. The molecule has 0 spiro atoms. The van der Waals surface area contributed by atoms with Crippen LogP contribution in [0.4, 0.5) is 0 Å². The number of aromatic nitrogens is 1. The molecule has 1 heterocycles. The number of nitrogens with zero attached hydrogens (tertiary/aromatic N) is 1. The van der Waals surface area contributed by atoms with E-state index in [2.05, 4.69) is 0 Å². The fourth-order valence-corrected chi connectivity index (χ4v) is 1.08. The SMILES string of the molecule is COC(CN)c1ccn(C)c1. The minimum Gasteiger partial charge on any atom is -0.375 e. The van der Waals surface area contributed by atoms with Crippen molar-refractivity contribution in [2.24, 2.45) is 12.8 Å². The summed E-state index contributed by atoms with van der Waals surface area (Å²) in [4.78, 5) is 0. The highest BCUT2D eigenvalue weighted by Gasteiger charge is 2.07. The van der Waals surface area contributed by atoms with E-state index in [9.17, 15) is 0 Å². The summed E-state index contributed by atoms with van der Waals surface area (Å²) < 4.78 is 7.14. The molecule has 0 saturated carbocycles. The first-order chi connectivity index (χ1) is 5.27. The lowest BCUT2D eigenvalue weighted by molar-refractivity contribution is 0.110. The minimum absolute atomic E-state index is 0.0381. The van der Waals surface area contributed by atoms with Gasteiger partial charge in [0.2, 0.25) is 0 Å². The fraction of sp³-hybridized carbons (Fsp3) is 0.500. The molecule has 3 heteroatoms. The van der Waals surface area contributed by atoms with E-state index in [1.807, 2.05) is 30.1 Å². The molecule has 2 N–H and O–H groups in total. The molecule has 0 aromatic carbocycles. The van der Waals surface area contributed by atoms with Gasteiger partial charge < -0.3 is 15.0 Å². The van der Waals surface area contributed by atoms with E-state index < -0.39 is 0 Å². The van der Waals surface area contributed by atoms with Gasteiger partial charge in [-0.3, -0.25) is 0 Å². The molecule has 1 aromatic rings. The van der Waals surface area contributed by atoms with E-state index in [1.165, 1.54) is 0 Å². The first-order valence-corrected chi connectivity index (χ1v) is 3.62. The number of hydrogen-bond donors (Lipinski definition) is 1. The molecule has 0 aliphatic rings. The van der Waals surface area contributed by atoms with Crippen molar-refractivity contribution >= 4 is 0 Å². The monoisotopic (exact) mass is 154 g/mol. The molecule has 0 aliphatic heterocycles. The smallest absolute Gasteiger partial charge is 0.0957 e. The average molecular weight is 154 g/mol. The lowest BCUT2D eigenvalue weighted by Crippen LogP contribution is -2.13. The third-order valence-corrected chi connectivity index (χ3v) is 1.73.